The van der Waals surface area contributed by atoms with Crippen LogP contribution in [0.25, 0.3) is 10.6 Å². The van der Waals surface area contributed by atoms with Crippen LogP contribution in [0.15, 0.2) is 16.7 Å². The average molecular weight is 374 g/mol. The van der Waals surface area contributed by atoms with E-state index in [-0.39, 0.29) is 47.3 Å². The number of aliphatic hydroxyl groups is 1. The number of alkyl halides is 3. The summed E-state index contributed by atoms with van der Waals surface area (Å²) in [7, 11) is 0. The smallest absolute Gasteiger partial charge is 0.383 e. The second-order valence-electron chi connectivity index (χ2n) is 5.63. The molecule has 0 bridgehead atoms. The van der Waals surface area contributed by atoms with Gasteiger partial charge < -0.3 is 14.5 Å². The highest BCUT2D eigenvalue weighted by Gasteiger charge is 2.39. The average Bonchev–Trinajstić information content (AvgIpc) is 3.15. The van der Waals surface area contributed by atoms with Gasteiger partial charge in [0.15, 0.2) is 5.78 Å². The van der Waals surface area contributed by atoms with Crippen LogP contribution in [0, 0.1) is 6.92 Å². The van der Waals surface area contributed by atoms with E-state index < -0.39 is 18.0 Å². The van der Waals surface area contributed by atoms with Gasteiger partial charge in [-0.15, -0.1) is 11.3 Å². The van der Waals surface area contributed by atoms with Gasteiger partial charge in [-0.3, -0.25) is 9.59 Å². The normalized spacial score (nSPS) is 18.7. The minimum atomic E-state index is -4.64. The molecular weight excluding hydrogens is 361 g/mol. The number of aliphatic hydroxyl groups excluding tert-OH is 1. The summed E-state index contributed by atoms with van der Waals surface area (Å²) in [6.45, 7) is 1.36. The first-order valence-electron chi connectivity index (χ1n) is 7.32. The molecule has 1 N–H and O–H groups in total. The Hall–Kier alpha value is -2.20. The molecule has 0 aromatic carbocycles. The first-order valence-corrected chi connectivity index (χ1v) is 8.14. The van der Waals surface area contributed by atoms with Gasteiger partial charge in [-0.1, -0.05) is 5.16 Å². The summed E-state index contributed by atoms with van der Waals surface area (Å²) >= 11 is 0.980. The van der Waals surface area contributed by atoms with Crippen LogP contribution in [0.3, 0.4) is 0 Å². The summed E-state index contributed by atoms with van der Waals surface area (Å²) in [6.07, 6.45) is -5.77. The van der Waals surface area contributed by atoms with Crippen LogP contribution in [0.1, 0.15) is 27.4 Å². The lowest BCUT2D eigenvalue weighted by Gasteiger charge is -2.28. The number of ketones is 1. The van der Waals surface area contributed by atoms with Crippen molar-refractivity contribution < 1.29 is 32.4 Å². The monoisotopic (exact) mass is 374 g/mol. The van der Waals surface area contributed by atoms with E-state index in [1.54, 1.807) is 0 Å². The molecular formula is C15H13F3N2O4S. The van der Waals surface area contributed by atoms with Crippen molar-refractivity contribution >= 4 is 23.0 Å². The van der Waals surface area contributed by atoms with Crippen LogP contribution >= 0.6 is 11.3 Å². The number of rotatable bonds is 2. The highest BCUT2D eigenvalue weighted by atomic mass is 32.1. The van der Waals surface area contributed by atoms with Crippen molar-refractivity contribution in [2.45, 2.75) is 25.6 Å². The lowest BCUT2D eigenvalue weighted by atomic mass is 10.1. The van der Waals surface area contributed by atoms with Gasteiger partial charge in [-0.25, -0.2) is 0 Å². The quantitative estimate of drug-likeness (QED) is 0.873. The number of thiophene rings is 1. The summed E-state index contributed by atoms with van der Waals surface area (Å²) in [5.74, 6) is -1.87. The number of halogens is 3. The van der Waals surface area contributed by atoms with Gasteiger partial charge in [0, 0.05) is 18.5 Å². The molecule has 1 saturated heterocycles. The van der Waals surface area contributed by atoms with E-state index in [2.05, 4.69) is 9.68 Å². The lowest BCUT2D eigenvalue weighted by molar-refractivity contribution is -0.156. The van der Waals surface area contributed by atoms with Crippen molar-refractivity contribution in [1.29, 1.82) is 0 Å². The predicted molar refractivity (Wildman–Crippen MR) is 81.1 cm³/mol. The molecule has 2 aromatic rings. The summed E-state index contributed by atoms with van der Waals surface area (Å²) in [4.78, 5) is 25.7. The zero-order valence-electron chi connectivity index (χ0n) is 13.0. The molecule has 1 aliphatic heterocycles. The second-order valence-corrected chi connectivity index (χ2v) is 6.71. The molecule has 25 heavy (non-hydrogen) atoms. The fourth-order valence-corrected chi connectivity index (χ4v) is 3.58. The maximum Gasteiger partial charge on any atom is 0.452 e. The Bertz CT molecular complexity index is 827. The Morgan fingerprint density at radius 3 is 2.76 bits per heavy atom. The number of piperidine rings is 1. The molecule has 0 saturated carbocycles. The maximum absolute atomic E-state index is 12.8. The standard InChI is InChI=1S/C15H13F3N2O4S/c1-7-12(19-24-13(7)15(16,17)18)10-2-3-11(25-10)14(23)20-5-4-8(21)9(22)6-20/h2-3,9,22H,4-6H2,1H3/t9-/m1/s1. The highest BCUT2D eigenvalue weighted by Crippen LogP contribution is 2.38. The van der Waals surface area contributed by atoms with Gasteiger partial charge in [0.05, 0.1) is 16.3 Å². The molecule has 2 aromatic heterocycles. The Balaban J connectivity index is 1.82. The number of amides is 1. The van der Waals surface area contributed by atoms with Gasteiger partial charge in [0.1, 0.15) is 11.8 Å². The van der Waals surface area contributed by atoms with Crippen molar-refractivity contribution in [3.8, 4) is 10.6 Å². The number of carbonyl (C=O) groups excluding carboxylic acids is 2. The zero-order valence-corrected chi connectivity index (χ0v) is 13.8. The number of likely N-dealkylation sites (tertiary alicyclic amines) is 1. The number of carbonyl (C=O) groups is 2. The number of aromatic nitrogens is 1. The van der Waals surface area contributed by atoms with Crippen LogP contribution < -0.4 is 0 Å². The highest BCUT2D eigenvalue weighted by molar-refractivity contribution is 7.17. The number of β-amino-alcohol motifs (C(OH)–C–C–N with tert-alkyl or cyclic N) is 1. The summed E-state index contributed by atoms with van der Waals surface area (Å²) in [5.41, 5.74) is -0.113. The number of hydrogen-bond donors (Lipinski definition) is 1. The molecule has 0 spiro atoms. The van der Waals surface area contributed by atoms with Gasteiger partial charge in [-0.05, 0) is 19.1 Å². The van der Waals surface area contributed by atoms with Crippen molar-refractivity contribution in [1.82, 2.24) is 10.1 Å². The van der Waals surface area contributed by atoms with E-state index in [4.69, 9.17) is 0 Å². The molecule has 1 atom stereocenters. The van der Waals surface area contributed by atoms with E-state index in [9.17, 15) is 27.9 Å². The second kappa shape index (κ2) is 6.26. The van der Waals surface area contributed by atoms with Crippen molar-refractivity contribution in [3.05, 3.63) is 28.3 Å². The SMILES string of the molecule is Cc1c(-c2ccc(C(=O)N3CCC(=O)[C@H](O)C3)s2)noc1C(F)(F)F. The molecule has 1 aliphatic rings. The Kier molecular flexibility index (Phi) is 4.41. The molecule has 6 nitrogen and oxygen atoms in total. The first-order chi connectivity index (χ1) is 11.7. The van der Waals surface area contributed by atoms with Crippen molar-refractivity contribution in [2.24, 2.45) is 0 Å². The summed E-state index contributed by atoms with van der Waals surface area (Å²) in [6, 6.07) is 2.97. The van der Waals surface area contributed by atoms with Crippen molar-refractivity contribution in [3.63, 3.8) is 0 Å². The van der Waals surface area contributed by atoms with Gasteiger partial charge in [-0.2, -0.15) is 13.2 Å². The van der Waals surface area contributed by atoms with Gasteiger partial charge in [0.25, 0.3) is 5.91 Å². The molecule has 3 rings (SSSR count). The largest absolute Gasteiger partial charge is 0.452 e. The first kappa shape index (κ1) is 17.6. The predicted octanol–water partition coefficient (Wildman–Crippen LogP) is 2.51. The van der Waals surface area contributed by atoms with E-state index in [1.165, 1.54) is 24.0 Å². The minimum absolute atomic E-state index is 0.0326. The van der Waals surface area contributed by atoms with E-state index in [0.29, 0.717) is 4.88 Å². The van der Waals surface area contributed by atoms with Gasteiger partial charge in [0.2, 0.25) is 5.76 Å². The fourth-order valence-electron chi connectivity index (χ4n) is 2.56. The fraction of sp³-hybridized carbons (Fsp3) is 0.400. The summed E-state index contributed by atoms with van der Waals surface area (Å²) in [5, 5.41) is 13.0. The van der Waals surface area contributed by atoms with Crippen LogP contribution in [-0.4, -0.2) is 46.0 Å². The molecule has 1 amide bonds. The molecule has 0 aliphatic carbocycles. The van der Waals surface area contributed by atoms with Crippen LogP contribution in [0.5, 0.6) is 0 Å². The third-order valence-electron chi connectivity index (χ3n) is 3.91. The Labute approximate surface area is 143 Å². The molecule has 0 radical (unpaired) electrons. The van der Waals surface area contributed by atoms with Crippen molar-refractivity contribution in [2.75, 3.05) is 13.1 Å². The zero-order chi connectivity index (χ0) is 18.4. The topological polar surface area (TPSA) is 83.6 Å². The Morgan fingerprint density at radius 2 is 2.16 bits per heavy atom. The third-order valence-corrected chi connectivity index (χ3v) is 4.99. The van der Waals surface area contributed by atoms with Crippen LogP contribution in [-0.2, 0) is 11.0 Å². The van der Waals surface area contributed by atoms with E-state index in [0.717, 1.165) is 11.3 Å². The van der Waals surface area contributed by atoms with Crippen LogP contribution in [0.2, 0.25) is 0 Å². The lowest BCUT2D eigenvalue weighted by Crippen LogP contribution is -2.46. The minimum Gasteiger partial charge on any atom is -0.383 e. The number of Topliss-reactive ketones (excluding diaryl/α,β-unsaturated/α-hetero) is 1. The van der Waals surface area contributed by atoms with Gasteiger partial charge >= 0.3 is 6.18 Å². The maximum atomic E-state index is 12.8. The van der Waals surface area contributed by atoms with E-state index in [1.807, 2.05) is 0 Å². The molecule has 1 fully saturated rings. The molecule has 3 heterocycles. The third kappa shape index (κ3) is 3.31. The van der Waals surface area contributed by atoms with E-state index >= 15 is 0 Å². The molecule has 134 valence electrons. The summed E-state index contributed by atoms with van der Waals surface area (Å²) < 4.78 is 42.7. The Morgan fingerprint density at radius 1 is 1.44 bits per heavy atom. The van der Waals surface area contributed by atoms with Crippen LogP contribution in [0.4, 0.5) is 13.2 Å². The molecule has 10 heteroatoms. The number of hydrogen-bond acceptors (Lipinski definition) is 6. The number of nitrogens with zero attached hydrogens (tertiary/aromatic N) is 2. The molecule has 0 unspecified atom stereocenters.